The molecule has 0 amide bonds. The molecule has 0 fully saturated rings. The fraction of sp³-hybridized carbons (Fsp3) is 0. The van der Waals surface area contributed by atoms with Crippen LogP contribution in [0.5, 0.6) is 11.5 Å². The number of benzene rings is 6. The number of nitrogens with zero attached hydrogens (tertiary/aromatic N) is 6. The van der Waals surface area contributed by atoms with Crippen molar-refractivity contribution in [2.24, 2.45) is 30.8 Å². The Morgan fingerprint density at radius 2 is 0.983 bits per heavy atom. The number of hydrogen-bond acceptors (Lipinski definition) is 15. The maximum Gasteiger partial charge on any atom is 0.336 e. The molecule has 6 aromatic rings. The van der Waals surface area contributed by atoms with Gasteiger partial charge in [-0.3, -0.25) is 14.5 Å². The summed E-state index contributed by atoms with van der Waals surface area (Å²) < 4.78 is 69.1. The Kier molecular flexibility index (Phi) is 10.6. The predicted octanol–water partition coefficient (Wildman–Crippen LogP) is 7.93. The van der Waals surface area contributed by atoms with Crippen molar-refractivity contribution in [3.63, 3.8) is 0 Å². The van der Waals surface area contributed by atoms with E-state index in [-0.39, 0.29) is 49.9 Å². The third kappa shape index (κ3) is 8.41. The number of phenolic OH excluding ortho intramolecular Hbond substituents is 2. The van der Waals surface area contributed by atoms with Gasteiger partial charge in [0.2, 0.25) is 0 Å². The van der Waals surface area contributed by atoms with Gasteiger partial charge in [0.15, 0.2) is 11.5 Å². The van der Waals surface area contributed by atoms with Gasteiger partial charge in [-0.25, -0.2) is 14.4 Å². The minimum absolute atomic E-state index is 0.0136. The van der Waals surface area contributed by atoms with E-state index in [1.165, 1.54) is 60.7 Å². The second kappa shape index (κ2) is 15.4. The van der Waals surface area contributed by atoms with Gasteiger partial charge < -0.3 is 25.5 Å². The number of aromatic hydroxyl groups is 2. The number of azo groups is 2. The Balaban J connectivity index is 1.28. The van der Waals surface area contributed by atoms with Gasteiger partial charge in [-0.05, 0) is 102 Å². The van der Waals surface area contributed by atoms with Crippen molar-refractivity contribution in [2.75, 3.05) is 5.43 Å². The zero-order chi connectivity index (χ0) is 42.1. The summed E-state index contributed by atoms with van der Waals surface area (Å²) in [6.45, 7) is 0. The monoisotopic (exact) mass is 829 g/mol. The van der Waals surface area contributed by atoms with Crippen molar-refractivity contribution in [2.45, 2.75) is 9.79 Å². The average molecular weight is 830 g/mol. The lowest BCUT2D eigenvalue weighted by atomic mass is 10.1. The number of carbonyl (C=O) groups is 3. The van der Waals surface area contributed by atoms with Crippen molar-refractivity contribution < 1.29 is 65.9 Å². The first-order valence-electron chi connectivity index (χ1n) is 15.8. The average Bonchev–Trinajstić information content (AvgIpc) is 3.16. The highest BCUT2D eigenvalue weighted by atomic mass is 32.2. The molecule has 21 nitrogen and oxygen atoms in total. The first-order valence-corrected chi connectivity index (χ1v) is 18.7. The number of aromatic carboxylic acids is 3. The van der Waals surface area contributed by atoms with Crippen molar-refractivity contribution in [3.05, 3.63) is 108 Å². The number of carboxylic acids is 3. The maximum atomic E-state index is 12.3. The molecular weight excluding hydrogens is 807 g/mol. The van der Waals surface area contributed by atoms with Crippen LogP contribution in [-0.2, 0) is 20.2 Å². The molecular formula is C35H23N7O14S2. The summed E-state index contributed by atoms with van der Waals surface area (Å²) in [5, 5.41) is 72.7. The third-order valence-electron chi connectivity index (χ3n) is 8.10. The van der Waals surface area contributed by atoms with E-state index in [1.807, 2.05) is 0 Å². The predicted molar refractivity (Wildman–Crippen MR) is 201 cm³/mol. The summed E-state index contributed by atoms with van der Waals surface area (Å²) in [6, 6.07) is 18.0. The number of fused-ring (bicyclic) bond motifs is 2. The number of rotatable bonds is 12. The molecule has 0 aliphatic heterocycles. The standard InChI is InChI=1S/C35H23N7O14S2/c43-31-23-8-5-20(11-17(23)13-27(57(51,52)53)29(31)40-36-19-3-1-16(2-4-19)33(45)46)38-42-39-21-6-9-24-18(12-21)14-28(58(54,55)56)30(32(24)44)41-37-22-7-10-25(34(47)48)26(15-22)35(49)50/h1-15,43-44H,(H,38,39)(H,45,46)(H,47,48)(H,49,50)(H,51,52,53)(H,54,55,56). The number of nitrogens with one attached hydrogen (secondary N) is 1. The van der Waals surface area contributed by atoms with E-state index in [0.29, 0.717) is 0 Å². The molecule has 6 rings (SSSR count). The highest BCUT2D eigenvalue weighted by Crippen LogP contribution is 2.44. The minimum Gasteiger partial charge on any atom is -0.505 e. The molecule has 0 radical (unpaired) electrons. The van der Waals surface area contributed by atoms with E-state index in [1.54, 1.807) is 0 Å². The fourth-order valence-corrected chi connectivity index (χ4v) is 6.71. The molecule has 294 valence electrons. The molecule has 0 spiro atoms. The fourth-order valence-electron chi connectivity index (χ4n) is 5.39. The molecule has 6 aromatic carbocycles. The highest BCUT2D eigenvalue weighted by Gasteiger charge is 2.24. The van der Waals surface area contributed by atoms with Gasteiger partial charge in [0.05, 0.1) is 39.4 Å². The van der Waals surface area contributed by atoms with Crippen LogP contribution in [-0.4, -0.2) is 69.4 Å². The summed E-state index contributed by atoms with van der Waals surface area (Å²) >= 11 is 0. The van der Waals surface area contributed by atoms with E-state index in [0.717, 1.165) is 30.3 Å². The Bertz CT molecular complexity index is 3040. The van der Waals surface area contributed by atoms with Crippen molar-refractivity contribution in [1.29, 1.82) is 0 Å². The van der Waals surface area contributed by atoms with E-state index < -0.39 is 81.9 Å². The van der Waals surface area contributed by atoms with Crippen LogP contribution in [0.1, 0.15) is 31.1 Å². The van der Waals surface area contributed by atoms with Crippen LogP contribution in [0.2, 0.25) is 0 Å². The largest absolute Gasteiger partial charge is 0.505 e. The van der Waals surface area contributed by atoms with E-state index >= 15 is 0 Å². The number of carboxylic acid groups (broad SMARTS) is 3. The topological polar surface area (TPSA) is 347 Å². The first kappa shape index (κ1) is 39.9. The highest BCUT2D eigenvalue weighted by molar-refractivity contribution is 7.86. The summed E-state index contributed by atoms with van der Waals surface area (Å²) in [4.78, 5) is 32.3. The Morgan fingerprint density at radius 1 is 0.500 bits per heavy atom. The molecule has 0 saturated heterocycles. The van der Waals surface area contributed by atoms with Crippen LogP contribution in [0.15, 0.2) is 132 Å². The van der Waals surface area contributed by atoms with Crippen LogP contribution < -0.4 is 5.43 Å². The lowest BCUT2D eigenvalue weighted by molar-refractivity contribution is 0.0651. The van der Waals surface area contributed by atoms with Crippen LogP contribution in [0.4, 0.5) is 34.1 Å². The van der Waals surface area contributed by atoms with Crippen molar-refractivity contribution >= 4 is 93.8 Å². The van der Waals surface area contributed by atoms with Crippen molar-refractivity contribution in [3.8, 4) is 11.5 Å². The van der Waals surface area contributed by atoms with E-state index in [2.05, 4.69) is 36.2 Å². The smallest absolute Gasteiger partial charge is 0.336 e. The zero-order valence-corrected chi connectivity index (χ0v) is 30.3. The molecule has 23 heteroatoms. The number of hydrogen-bond donors (Lipinski definition) is 8. The Hall–Kier alpha value is -7.73. The van der Waals surface area contributed by atoms with Gasteiger partial charge in [-0.1, -0.05) is 5.22 Å². The van der Waals surface area contributed by atoms with Gasteiger partial charge in [-0.15, -0.1) is 15.3 Å². The lowest BCUT2D eigenvalue weighted by Crippen LogP contribution is -2.07. The SMILES string of the molecule is O=C(O)c1ccc(N=Nc2c(S(=O)(=O)O)cc3cc(NN=Nc4ccc5c(O)c(N=Nc6ccc(C(=O)O)c(C(=O)O)c6)c(S(=O)(=O)O)cc5c4)ccc3c2O)cc1. The van der Waals surface area contributed by atoms with E-state index in [9.17, 15) is 60.8 Å². The summed E-state index contributed by atoms with van der Waals surface area (Å²) in [5.41, 5.74) is 0.267. The zero-order valence-electron chi connectivity index (χ0n) is 28.6. The molecule has 0 atom stereocenters. The quantitative estimate of drug-likeness (QED) is 0.0329. The second-order valence-corrected chi connectivity index (χ2v) is 14.6. The van der Waals surface area contributed by atoms with Crippen LogP contribution in [0.25, 0.3) is 21.5 Å². The number of phenols is 2. The minimum atomic E-state index is -5.07. The molecule has 0 saturated carbocycles. The van der Waals surface area contributed by atoms with Gasteiger partial charge >= 0.3 is 17.9 Å². The summed E-state index contributed by atoms with van der Waals surface area (Å²) in [7, 11) is -10.0. The maximum absolute atomic E-state index is 12.3. The van der Waals surface area contributed by atoms with Crippen LogP contribution >= 0.6 is 0 Å². The normalized spacial score (nSPS) is 12.2. The Labute approximate surface area is 324 Å². The van der Waals surface area contributed by atoms with Gasteiger partial charge in [0, 0.05) is 10.8 Å². The van der Waals surface area contributed by atoms with Crippen LogP contribution in [0.3, 0.4) is 0 Å². The lowest BCUT2D eigenvalue weighted by Gasteiger charge is -2.10. The summed E-state index contributed by atoms with van der Waals surface area (Å²) in [5.74, 6) is -5.70. The Morgan fingerprint density at radius 3 is 1.52 bits per heavy atom. The molecule has 0 aromatic heterocycles. The summed E-state index contributed by atoms with van der Waals surface area (Å²) in [6.07, 6.45) is 0. The molecule has 8 N–H and O–H groups in total. The van der Waals surface area contributed by atoms with E-state index in [4.69, 9.17) is 5.11 Å². The molecule has 0 aliphatic rings. The van der Waals surface area contributed by atoms with Gasteiger partial charge in [0.25, 0.3) is 20.2 Å². The molecule has 0 unspecified atom stereocenters. The third-order valence-corrected chi connectivity index (χ3v) is 9.83. The number of anilines is 1. The second-order valence-electron chi connectivity index (χ2n) is 11.8. The van der Waals surface area contributed by atoms with Gasteiger partial charge in [0.1, 0.15) is 21.2 Å². The molecule has 58 heavy (non-hydrogen) atoms. The van der Waals surface area contributed by atoms with Crippen molar-refractivity contribution in [1.82, 2.24) is 0 Å². The molecule has 0 aliphatic carbocycles. The van der Waals surface area contributed by atoms with Crippen LogP contribution in [0, 0.1) is 0 Å². The molecule has 0 heterocycles. The molecule has 0 bridgehead atoms. The first-order chi connectivity index (χ1) is 27.3. The van der Waals surface area contributed by atoms with Gasteiger partial charge in [-0.2, -0.15) is 27.1 Å².